The van der Waals surface area contributed by atoms with Crippen LogP contribution in [0, 0.1) is 11.8 Å². The number of carbonyl (C=O) groups is 3. The molecule has 2 fully saturated rings. The summed E-state index contributed by atoms with van der Waals surface area (Å²) in [5, 5.41) is 12.6. The number of hydrazone groups is 1. The topological polar surface area (TPSA) is 167 Å². The predicted molar refractivity (Wildman–Crippen MR) is 181 cm³/mol. The van der Waals surface area contributed by atoms with Crippen LogP contribution in [0.2, 0.25) is 0 Å². The highest BCUT2D eigenvalue weighted by atomic mass is 16.5. The lowest BCUT2D eigenvalue weighted by Crippen LogP contribution is -2.46. The molecular weight excluding hydrogens is 598 g/mol. The second-order valence-corrected chi connectivity index (χ2v) is 13.7. The third kappa shape index (κ3) is 9.03. The largest absolute Gasteiger partial charge is 0.439 e. The SMILES string of the molecule is CC(C)(C)N.O=C(CN1N=C(C2CCCCC2)c2ccccc2N(CC(=O)C2CCCC2)C1=O)Nc1cccc(-c2noc(=O)[nH]2)c1. The van der Waals surface area contributed by atoms with E-state index in [2.05, 4.69) is 20.0 Å². The number of Topliss-reactive ketones (excluding diaryl/α,β-unsaturated/α-hetero) is 1. The molecular formula is C35H45N7O5. The van der Waals surface area contributed by atoms with Crippen LogP contribution in [0.3, 0.4) is 0 Å². The normalized spacial score (nSPS) is 17.4. The Morgan fingerprint density at radius 1 is 0.957 bits per heavy atom. The summed E-state index contributed by atoms with van der Waals surface area (Å²) in [6.07, 6.45) is 8.98. The first-order valence-corrected chi connectivity index (χ1v) is 16.5. The maximum atomic E-state index is 14.1. The van der Waals surface area contributed by atoms with E-state index in [-0.39, 0.29) is 42.1 Å². The van der Waals surface area contributed by atoms with Crippen LogP contribution in [-0.2, 0) is 9.59 Å². The number of nitrogens with zero attached hydrogens (tertiary/aromatic N) is 4. The van der Waals surface area contributed by atoms with Gasteiger partial charge < -0.3 is 11.1 Å². The average Bonchev–Trinajstić information content (AvgIpc) is 3.72. The maximum absolute atomic E-state index is 14.1. The molecule has 47 heavy (non-hydrogen) atoms. The van der Waals surface area contributed by atoms with E-state index in [1.807, 2.05) is 45.0 Å². The molecule has 6 rings (SSSR count). The molecule has 1 aromatic heterocycles. The van der Waals surface area contributed by atoms with Gasteiger partial charge in [0.05, 0.1) is 17.9 Å². The summed E-state index contributed by atoms with van der Waals surface area (Å²) in [6, 6.07) is 13.9. The predicted octanol–water partition coefficient (Wildman–Crippen LogP) is 5.70. The van der Waals surface area contributed by atoms with Crippen LogP contribution in [0.5, 0.6) is 0 Å². The molecule has 0 spiro atoms. The number of nitrogens with two attached hydrogens (primary N) is 1. The fourth-order valence-electron chi connectivity index (χ4n) is 6.30. The van der Waals surface area contributed by atoms with Crippen molar-refractivity contribution < 1.29 is 18.9 Å². The molecule has 3 aromatic rings. The molecule has 0 atom stereocenters. The van der Waals surface area contributed by atoms with E-state index < -0.39 is 17.7 Å². The van der Waals surface area contributed by atoms with Gasteiger partial charge in [-0.25, -0.2) is 14.6 Å². The van der Waals surface area contributed by atoms with Crippen molar-refractivity contribution in [2.75, 3.05) is 23.3 Å². The van der Waals surface area contributed by atoms with Crippen LogP contribution in [-0.4, -0.2) is 57.2 Å². The number of para-hydroxylation sites is 1. The molecule has 2 heterocycles. The molecule has 2 aliphatic carbocycles. The number of aromatic amines is 1. The Labute approximate surface area is 274 Å². The number of ketones is 1. The summed E-state index contributed by atoms with van der Waals surface area (Å²) in [6.45, 7) is 5.51. The molecule has 12 heteroatoms. The number of urea groups is 1. The first-order valence-electron chi connectivity index (χ1n) is 16.5. The van der Waals surface area contributed by atoms with Gasteiger partial charge in [0.2, 0.25) is 5.91 Å². The Morgan fingerprint density at radius 3 is 2.32 bits per heavy atom. The van der Waals surface area contributed by atoms with E-state index in [1.54, 1.807) is 24.3 Å². The molecule has 4 N–H and O–H groups in total. The molecule has 1 aliphatic heterocycles. The summed E-state index contributed by atoms with van der Waals surface area (Å²) in [5.74, 6) is -0.734. The van der Waals surface area contributed by atoms with Gasteiger partial charge in [0.25, 0.3) is 0 Å². The van der Waals surface area contributed by atoms with Crippen molar-refractivity contribution >= 4 is 34.8 Å². The third-order valence-corrected chi connectivity index (χ3v) is 8.42. The number of fused-ring (bicyclic) bond motifs is 1. The minimum atomic E-state index is -0.678. The minimum absolute atomic E-state index is 0. The molecule has 0 saturated heterocycles. The number of amides is 3. The summed E-state index contributed by atoms with van der Waals surface area (Å²) in [4.78, 5) is 56.1. The van der Waals surface area contributed by atoms with Gasteiger partial charge in [-0.2, -0.15) is 5.10 Å². The molecule has 12 nitrogen and oxygen atoms in total. The van der Waals surface area contributed by atoms with E-state index in [0.717, 1.165) is 62.6 Å². The van der Waals surface area contributed by atoms with Gasteiger partial charge in [0.15, 0.2) is 11.6 Å². The second-order valence-electron chi connectivity index (χ2n) is 13.7. The van der Waals surface area contributed by atoms with Gasteiger partial charge in [-0.05, 0) is 64.7 Å². The van der Waals surface area contributed by atoms with Gasteiger partial charge in [0, 0.05) is 34.2 Å². The Hall–Kier alpha value is -4.58. The summed E-state index contributed by atoms with van der Waals surface area (Å²) in [7, 11) is 0. The monoisotopic (exact) mass is 643 g/mol. The van der Waals surface area contributed by atoms with Crippen LogP contribution in [0.25, 0.3) is 11.4 Å². The zero-order valence-corrected chi connectivity index (χ0v) is 27.5. The maximum Gasteiger partial charge on any atom is 0.439 e. The van der Waals surface area contributed by atoms with E-state index in [1.165, 1.54) is 16.3 Å². The summed E-state index contributed by atoms with van der Waals surface area (Å²) < 4.78 is 4.58. The molecule has 0 bridgehead atoms. The Balaban J connectivity index is 0.000000807. The lowest BCUT2D eigenvalue weighted by Gasteiger charge is -2.26. The molecule has 0 radical (unpaired) electrons. The smallest absolute Gasteiger partial charge is 0.326 e. The molecule has 0 unspecified atom stereocenters. The third-order valence-electron chi connectivity index (χ3n) is 8.42. The van der Waals surface area contributed by atoms with Crippen molar-refractivity contribution in [3.63, 3.8) is 0 Å². The van der Waals surface area contributed by atoms with E-state index in [0.29, 0.717) is 16.9 Å². The highest BCUT2D eigenvalue weighted by Gasteiger charge is 2.36. The number of aromatic nitrogens is 2. The van der Waals surface area contributed by atoms with E-state index >= 15 is 0 Å². The van der Waals surface area contributed by atoms with Gasteiger partial charge in [0.1, 0.15) is 6.54 Å². The van der Waals surface area contributed by atoms with Crippen molar-refractivity contribution in [1.82, 2.24) is 15.1 Å². The minimum Gasteiger partial charge on any atom is -0.326 e. The van der Waals surface area contributed by atoms with Crippen LogP contribution in [0.15, 0.2) is 62.9 Å². The summed E-state index contributed by atoms with van der Waals surface area (Å²) in [5.41, 5.74) is 8.65. The highest BCUT2D eigenvalue weighted by Crippen LogP contribution is 2.35. The molecule has 250 valence electrons. The number of hydrogen-bond acceptors (Lipinski definition) is 8. The quantitative estimate of drug-likeness (QED) is 0.283. The fourth-order valence-corrected chi connectivity index (χ4v) is 6.30. The van der Waals surface area contributed by atoms with Crippen molar-refractivity contribution in [1.29, 1.82) is 0 Å². The van der Waals surface area contributed by atoms with Crippen LogP contribution in [0.1, 0.15) is 84.1 Å². The number of benzene rings is 2. The first kappa shape index (κ1) is 33.8. The number of rotatable bonds is 8. The van der Waals surface area contributed by atoms with E-state index in [9.17, 15) is 19.2 Å². The van der Waals surface area contributed by atoms with Crippen LogP contribution in [0.4, 0.5) is 16.2 Å². The van der Waals surface area contributed by atoms with Gasteiger partial charge in [-0.1, -0.05) is 67.6 Å². The Kier molecular flexibility index (Phi) is 10.7. The Bertz CT molecular complexity index is 1650. The van der Waals surface area contributed by atoms with Crippen molar-refractivity contribution in [3.8, 4) is 11.4 Å². The lowest BCUT2D eigenvalue weighted by molar-refractivity contribution is -0.121. The highest BCUT2D eigenvalue weighted by molar-refractivity contribution is 6.13. The summed E-state index contributed by atoms with van der Waals surface area (Å²) >= 11 is 0. The van der Waals surface area contributed by atoms with Crippen LogP contribution < -0.4 is 21.7 Å². The zero-order chi connectivity index (χ0) is 33.6. The van der Waals surface area contributed by atoms with Crippen molar-refractivity contribution in [2.24, 2.45) is 22.7 Å². The van der Waals surface area contributed by atoms with Gasteiger partial charge in [-0.15, -0.1) is 0 Å². The zero-order valence-electron chi connectivity index (χ0n) is 27.5. The molecule has 3 aliphatic rings. The fraction of sp³-hybridized carbons (Fsp3) is 0.486. The Morgan fingerprint density at radius 2 is 1.64 bits per heavy atom. The van der Waals surface area contributed by atoms with Gasteiger partial charge >= 0.3 is 11.8 Å². The van der Waals surface area contributed by atoms with E-state index in [4.69, 9.17) is 10.8 Å². The second kappa shape index (κ2) is 14.9. The lowest BCUT2D eigenvalue weighted by atomic mass is 9.83. The number of carbonyl (C=O) groups excluding carboxylic acids is 3. The molecule has 2 aromatic carbocycles. The molecule has 2 saturated carbocycles. The number of H-pyrrole nitrogens is 1. The van der Waals surface area contributed by atoms with Crippen LogP contribution >= 0.6 is 0 Å². The van der Waals surface area contributed by atoms with Gasteiger partial charge in [-0.3, -0.25) is 24.0 Å². The first-order chi connectivity index (χ1) is 22.5. The number of anilines is 2. The standard InChI is InChI=1S/C31H34N6O5.C4H11N/c38-26(20-9-4-5-10-20)18-36-25-16-7-6-15-24(25)28(21-11-2-1-3-12-21)34-37(31(36)41)19-27(39)32-23-14-8-13-22(17-23)29-33-30(40)42-35-29;1-4(2,3)5/h6-8,13-17,20-21H,1-5,9-12,18-19H2,(H,32,39)(H,33,35,40);5H2,1-3H3. The number of hydrogen-bond donors (Lipinski definition) is 3. The van der Waals surface area contributed by atoms with Crippen molar-refractivity contribution in [3.05, 3.63) is 64.6 Å². The number of nitrogens with one attached hydrogen (secondary N) is 2. The average molecular weight is 644 g/mol. The molecule has 3 amide bonds. The van der Waals surface area contributed by atoms with Crippen molar-refractivity contribution in [2.45, 2.75) is 84.1 Å².